The molecule has 1 aliphatic heterocycles. The van der Waals surface area contributed by atoms with Crippen LogP contribution < -0.4 is 0 Å². The van der Waals surface area contributed by atoms with Crippen molar-refractivity contribution >= 4 is 16.6 Å². The van der Waals surface area contributed by atoms with Gasteiger partial charge in [-0.15, -0.1) is 0 Å². The summed E-state index contributed by atoms with van der Waals surface area (Å²) >= 11 is 0. The molecule has 1 aliphatic rings. The molecule has 3 heterocycles. The zero-order valence-corrected chi connectivity index (χ0v) is 15.2. The first-order valence-corrected chi connectivity index (χ1v) is 8.64. The number of imidazole rings is 1. The van der Waals surface area contributed by atoms with E-state index in [0.29, 0.717) is 5.69 Å². The highest BCUT2D eigenvalue weighted by atomic mass is 19.1. The topological polar surface area (TPSA) is 51.0 Å². The molecule has 1 saturated heterocycles. The highest BCUT2D eigenvalue weighted by Gasteiger charge is 2.47. The highest BCUT2D eigenvalue weighted by molar-refractivity contribution is 5.92. The van der Waals surface area contributed by atoms with E-state index in [9.17, 15) is 9.18 Å². The second kappa shape index (κ2) is 5.99. The molecule has 0 N–H and O–H groups in total. The molecule has 5 nitrogen and oxygen atoms in total. The summed E-state index contributed by atoms with van der Waals surface area (Å²) in [6, 6.07) is 7.98. The van der Waals surface area contributed by atoms with Crippen molar-refractivity contribution in [3.05, 3.63) is 48.2 Å². The summed E-state index contributed by atoms with van der Waals surface area (Å²) < 4.78 is 16.5. The molecule has 26 heavy (non-hydrogen) atoms. The number of carbonyl (C=O) groups is 1. The average molecular weight is 352 g/mol. The third-order valence-corrected chi connectivity index (χ3v) is 5.18. The van der Waals surface area contributed by atoms with Crippen molar-refractivity contribution in [1.82, 2.24) is 19.4 Å². The number of carbonyl (C=O) groups excluding carboxylic acids is 1. The first kappa shape index (κ1) is 16.8. The minimum absolute atomic E-state index is 0.0231. The lowest BCUT2D eigenvalue weighted by atomic mass is 9.89. The van der Waals surface area contributed by atoms with E-state index in [4.69, 9.17) is 0 Å². The Morgan fingerprint density at radius 1 is 1.15 bits per heavy atom. The smallest absolute Gasteiger partial charge is 0.194 e. The van der Waals surface area contributed by atoms with Crippen LogP contribution in [0, 0.1) is 6.92 Å². The van der Waals surface area contributed by atoms with E-state index in [2.05, 4.69) is 16.0 Å². The zero-order valence-electron chi connectivity index (χ0n) is 15.2. The summed E-state index contributed by atoms with van der Waals surface area (Å²) in [5.74, 6) is 0.556. The molecule has 0 spiro atoms. The maximum atomic E-state index is 14.5. The van der Waals surface area contributed by atoms with Crippen molar-refractivity contribution < 1.29 is 9.18 Å². The van der Waals surface area contributed by atoms with Gasteiger partial charge in [-0.2, -0.15) is 0 Å². The number of fused-ring (bicyclic) bond motifs is 1. The largest absolute Gasteiger partial charge is 0.331 e. The Balaban J connectivity index is 1.64. The van der Waals surface area contributed by atoms with E-state index in [1.54, 1.807) is 18.1 Å². The predicted octanol–water partition coefficient (Wildman–Crippen LogP) is 2.71. The van der Waals surface area contributed by atoms with Crippen molar-refractivity contribution in [2.24, 2.45) is 7.05 Å². The van der Waals surface area contributed by atoms with Gasteiger partial charge in [-0.3, -0.25) is 14.7 Å². The molecule has 0 saturated carbocycles. The van der Waals surface area contributed by atoms with Gasteiger partial charge in [0.15, 0.2) is 11.5 Å². The van der Waals surface area contributed by atoms with Gasteiger partial charge in [-0.1, -0.05) is 12.1 Å². The van der Waals surface area contributed by atoms with Crippen molar-refractivity contribution in [3.8, 4) is 11.3 Å². The van der Waals surface area contributed by atoms with Crippen LogP contribution in [0.25, 0.3) is 22.0 Å². The lowest BCUT2D eigenvalue weighted by molar-refractivity contribution is -0.140. The van der Waals surface area contributed by atoms with Gasteiger partial charge in [0.25, 0.3) is 0 Å². The van der Waals surface area contributed by atoms with Gasteiger partial charge in [-0.25, -0.2) is 9.37 Å². The summed E-state index contributed by atoms with van der Waals surface area (Å²) in [5, 5.41) is 1.97. The molecule has 0 radical (unpaired) electrons. The summed E-state index contributed by atoms with van der Waals surface area (Å²) in [4.78, 5) is 22.8. The van der Waals surface area contributed by atoms with E-state index >= 15 is 0 Å². The van der Waals surface area contributed by atoms with Crippen molar-refractivity contribution in [3.63, 3.8) is 0 Å². The number of hydrogen-bond acceptors (Lipinski definition) is 4. The minimum atomic E-state index is -1.72. The molecule has 134 valence electrons. The van der Waals surface area contributed by atoms with Crippen molar-refractivity contribution in [2.75, 3.05) is 20.1 Å². The fourth-order valence-electron chi connectivity index (χ4n) is 3.52. The van der Waals surface area contributed by atoms with Crippen LogP contribution in [0.3, 0.4) is 0 Å². The Kier molecular flexibility index (Phi) is 3.88. The summed E-state index contributed by atoms with van der Waals surface area (Å²) in [7, 11) is 3.79. The molecular weight excluding hydrogens is 331 g/mol. The second-order valence-corrected chi connectivity index (χ2v) is 7.22. The minimum Gasteiger partial charge on any atom is -0.331 e. The summed E-state index contributed by atoms with van der Waals surface area (Å²) in [6.45, 7) is 2.30. The normalized spacial score (nSPS) is 16.6. The third-order valence-electron chi connectivity index (χ3n) is 5.18. The Labute approximate surface area is 151 Å². The lowest BCUT2D eigenvalue weighted by Crippen LogP contribution is -2.62. The highest BCUT2D eigenvalue weighted by Crippen LogP contribution is 2.28. The third kappa shape index (κ3) is 2.80. The molecule has 4 rings (SSSR count). The number of ketones is 1. The first-order valence-electron chi connectivity index (χ1n) is 8.64. The number of aryl methyl sites for hydroxylation is 1. The Bertz CT molecular complexity index is 1000. The molecule has 2 aromatic heterocycles. The molecular formula is C20H21FN4O. The monoisotopic (exact) mass is 352 g/mol. The van der Waals surface area contributed by atoms with Crippen LogP contribution in [0.4, 0.5) is 4.39 Å². The fourth-order valence-corrected chi connectivity index (χ4v) is 3.52. The van der Waals surface area contributed by atoms with E-state index < -0.39 is 5.67 Å². The van der Waals surface area contributed by atoms with Gasteiger partial charge in [0.05, 0.1) is 18.3 Å². The number of alkyl halides is 1. The number of rotatable bonds is 4. The number of hydrogen-bond donors (Lipinski definition) is 0. The van der Waals surface area contributed by atoms with Gasteiger partial charge >= 0.3 is 0 Å². The van der Waals surface area contributed by atoms with Gasteiger partial charge in [0, 0.05) is 43.0 Å². The molecule has 1 aromatic carbocycles. The number of aromatic nitrogens is 3. The molecule has 0 bridgehead atoms. The van der Waals surface area contributed by atoms with Crippen LogP contribution >= 0.6 is 0 Å². The van der Waals surface area contributed by atoms with Crippen molar-refractivity contribution in [1.29, 1.82) is 0 Å². The molecule has 0 atom stereocenters. The SMILES string of the molecule is Cc1ncc(-c2ccc3cnc(CC(=O)C4(F)CN(C)C4)cc3c2)n1C. The Morgan fingerprint density at radius 3 is 2.58 bits per heavy atom. The average Bonchev–Trinajstić information content (AvgIpc) is 2.92. The zero-order chi connectivity index (χ0) is 18.5. The van der Waals surface area contributed by atoms with Crippen LogP contribution in [-0.2, 0) is 18.3 Å². The molecule has 0 amide bonds. The van der Waals surface area contributed by atoms with E-state index in [1.165, 1.54) is 0 Å². The fraction of sp³-hybridized carbons (Fsp3) is 0.350. The summed E-state index contributed by atoms with van der Waals surface area (Å²) in [6.07, 6.45) is 3.62. The Hall–Kier alpha value is -2.60. The number of benzene rings is 1. The predicted molar refractivity (Wildman–Crippen MR) is 98.7 cm³/mol. The maximum absolute atomic E-state index is 14.5. The molecule has 0 aliphatic carbocycles. The van der Waals surface area contributed by atoms with Crippen LogP contribution in [0.5, 0.6) is 0 Å². The van der Waals surface area contributed by atoms with Crippen LogP contribution in [0.15, 0.2) is 36.7 Å². The maximum Gasteiger partial charge on any atom is 0.194 e. The van der Waals surface area contributed by atoms with E-state index in [-0.39, 0.29) is 25.3 Å². The number of nitrogens with zero attached hydrogens (tertiary/aromatic N) is 4. The molecule has 0 unspecified atom stereocenters. The number of Topliss-reactive ketones (excluding diaryl/α,β-unsaturated/α-hetero) is 1. The van der Waals surface area contributed by atoms with E-state index in [0.717, 1.165) is 27.9 Å². The molecule has 6 heteroatoms. The molecule has 3 aromatic rings. The molecule has 1 fully saturated rings. The number of halogens is 1. The van der Waals surface area contributed by atoms with Gasteiger partial charge < -0.3 is 4.57 Å². The van der Waals surface area contributed by atoms with Gasteiger partial charge in [0.2, 0.25) is 0 Å². The van der Waals surface area contributed by atoms with Crippen molar-refractivity contribution in [2.45, 2.75) is 19.0 Å². The second-order valence-electron chi connectivity index (χ2n) is 7.22. The van der Waals surface area contributed by atoms with Gasteiger partial charge in [-0.05, 0) is 31.5 Å². The Morgan fingerprint density at radius 2 is 1.92 bits per heavy atom. The standard InChI is InChI=1S/C20H21FN4O/c1-13-22-10-18(25(13)3)14-4-5-15-9-23-17(7-16(15)6-14)8-19(26)20(21)11-24(2)12-20/h4-7,9-10H,8,11-12H2,1-3H3. The van der Waals surface area contributed by atoms with Crippen LogP contribution in [-0.4, -0.2) is 51.0 Å². The van der Waals surface area contributed by atoms with E-state index in [1.807, 2.05) is 42.9 Å². The lowest BCUT2D eigenvalue weighted by Gasteiger charge is -2.40. The number of likely N-dealkylation sites (tertiary alicyclic amines) is 1. The summed E-state index contributed by atoms with van der Waals surface area (Å²) in [5.41, 5.74) is 0.956. The van der Waals surface area contributed by atoms with Crippen LogP contribution in [0.2, 0.25) is 0 Å². The quantitative estimate of drug-likeness (QED) is 0.724. The van der Waals surface area contributed by atoms with Gasteiger partial charge in [0.1, 0.15) is 5.82 Å². The first-order chi connectivity index (χ1) is 12.4. The van der Waals surface area contributed by atoms with Crippen LogP contribution in [0.1, 0.15) is 11.5 Å². The number of pyridine rings is 1.